The van der Waals surface area contributed by atoms with Gasteiger partial charge in [-0.25, -0.2) is 4.39 Å². The van der Waals surface area contributed by atoms with Crippen molar-refractivity contribution in [3.63, 3.8) is 0 Å². The number of piperazine rings is 1. The summed E-state index contributed by atoms with van der Waals surface area (Å²) in [6.07, 6.45) is 5.99. The van der Waals surface area contributed by atoms with Gasteiger partial charge < -0.3 is 15.0 Å². The van der Waals surface area contributed by atoms with Crippen LogP contribution in [0.2, 0.25) is 5.02 Å². The number of hydrogen-bond donors (Lipinski definition) is 1. The molecule has 2 bridgehead atoms. The summed E-state index contributed by atoms with van der Waals surface area (Å²) in [5.41, 5.74) is 3.21. The maximum Gasteiger partial charge on any atom is 0.319 e. The number of nitrogens with one attached hydrogen (secondary N) is 1. The second-order valence-electron chi connectivity index (χ2n) is 12.0. The van der Waals surface area contributed by atoms with Crippen LogP contribution in [-0.4, -0.2) is 76.4 Å². The number of hydrogen-bond acceptors (Lipinski definition) is 7. The molecule has 7 nitrogen and oxygen atoms in total. The first kappa shape index (κ1) is 24.7. The molecule has 4 atom stereocenters. The first-order valence-electron chi connectivity index (χ1n) is 14.4. The average molecular weight is 559 g/mol. The Morgan fingerprint density at radius 1 is 1.07 bits per heavy atom. The minimum absolute atomic E-state index is 0.258. The van der Waals surface area contributed by atoms with Crippen LogP contribution in [0.1, 0.15) is 32.1 Å². The van der Waals surface area contributed by atoms with Gasteiger partial charge in [-0.05, 0) is 55.3 Å². The van der Waals surface area contributed by atoms with E-state index in [1.54, 1.807) is 0 Å². The molecule has 9 heteroatoms. The van der Waals surface area contributed by atoms with E-state index in [-0.39, 0.29) is 5.54 Å². The van der Waals surface area contributed by atoms with Gasteiger partial charge in [0.1, 0.15) is 18.3 Å². The topological polar surface area (TPSA) is 66.4 Å². The van der Waals surface area contributed by atoms with Crippen molar-refractivity contribution in [3.8, 4) is 17.1 Å². The van der Waals surface area contributed by atoms with E-state index in [1.807, 2.05) is 24.4 Å². The van der Waals surface area contributed by atoms with Gasteiger partial charge in [0.2, 0.25) is 0 Å². The standard InChI is InChI=1S/C31H32ClFN6O/c32-25-7-2-5-19-4-1-6-24(27(19)25)20-12-26-28(34-14-20)29(38-16-22-8-9-23(17-38)35-22)37-30(36-26)40-18-31-10-3-11-39(31)15-21(33)13-31/h1-2,4-7,12,14,21-23,35H,3,8-11,13,15-18H2/t21-,22?,23?,31?/m1/s1. The van der Waals surface area contributed by atoms with Crippen LogP contribution in [0.15, 0.2) is 48.7 Å². The van der Waals surface area contributed by atoms with Crippen molar-refractivity contribution < 1.29 is 9.13 Å². The molecule has 4 aromatic rings. The Bertz CT molecular complexity index is 1600. The predicted molar refractivity (Wildman–Crippen MR) is 156 cm³/mol. The molecule has 0 spiro atoms. The van der Waals surface area contributed by atoms with Gasteiger partial charge in [-0.2, -0.15) is 9.97 Å². The Morgan fingerprint density at radius 3 is 2.75 bits per heavy atom. The summed E-state index contributed by atoms with van der Waals surface area (Å²) in [5, 5.41) is 6.49. The molecule has 206 valence electrons. The third kappa shape index (κ3) is 4.11. The molecule has 0 radical (unpaired) electrons. The Hall–Kier alpha value is -3.07. The average Bonchev–Trinajstić information content (AvgIpc) is 3.61. The minimum atomic E-state index is -0.799. The molecule has 6 heterocycles. The molecule has 4 aliphatic heterocycles. The van der Waals surface area contributed by atoms with E-state index >= 15 is 0 Å². The number of fused-ring (bicyclic) bond motifs is 5. The summed E-state index contributed by atoms with van der Waals surface area (Å²) in [5.74, 6) is 0.816. The Morgan fingerprint density at radius 2 is 1.90 bits per heavy atom. The molecule has 0 amide bonds. The second kappa shape index (κ2) is 9.50. The number of halogens is 2. The van der Waals surface area contributed by atoms with Crippen molar-refractivity contribution in [2.75, 3.05) is 37.7 Å². The number of benzene rings is 2. The largest absolute Gasteiger partial charge is 0.461 e. The van der Waals surface area contributed by atoms with Crippen LogP contribution in [0.4, 0.5) is 10.2 Å². The highest BCUT2D eigenvalue weighted by Crippen LogP contribution is 2.41. The number of nitrogens with zero attached hydrogens (tertiary/aromatic N) is 5. The van der Waals surface area contributed by atoms with Crippen molar-refractivity contribution in [2.24, 2.45) is 0 Å². The van der Waals surface area contributed by atoms with Crippen molar-refractivity contribution in [1.82, 2.24) is 25.2 Å². The molecule has 3 unspecified atom stereocenters. The van der Waals surface area contributed by atoms with Crippen LogP contribution in [0.5, 0.6) is 6.01 Å². The number of pyridine rings is 1. The van der Waals surface area contributed by atoms with Gasteiger partial charge in [0.15, 0.2) is 5.82 Å². The molecular weight excluding hydrogens is 527 g/mol. The van der Waals surface area contributed by atoms with E-state index in [1.165, 1.54) is 12.8 Å². The maximum absolute atomic E-state index is 14.4. The molecular formula is C31H32ClFN6O. The number of alkyl halides is 1. The fourth-order valence-electron chi connectivity index (χ4n) is 7.57. The van der Waals surface area contributed by atoms with Gasteiger partial charge >= 0.3 is 6.01 Å². The van der Waals surface area contributed by atoms with Gasteiger partial charge in [0.25, 0.3) is 0 Å². The van der Waals surface area contributed by atoms with Gasteiger partial charge in [0.05, 0.1) is 11.1 Å². The fraction of sp³-hybridized carbons (Fsp3) is 0.452. The maximum atomic E-state index is 14.4. The predicted octanol–water partition coefficient (Wildman–Crippen LogP) is 5.39. The summed E-state index contributed by atoms with van der Waals surface area (Å²) >= 11 is 6.66. The van der Waals surface area contributed by atoms with E-state index in [9.17, 15) is 4.39 Å². The van der Waals surface area contributed by atoms with Gasteiger partial charge in [-0.3, -0.25) is 9.88 Å². The monoisotopic (exact) mass is 558 g/mol. The van der Waals surface area contributed by atoms with Gasteiger partial charge in [-0.15, -0.1) is 0 Å². The summed E-state index contributed by atoms with van der Waals surface area (Å²) < 4.78 is 20.8. The van der Waals surface area contributed by atoms with E-state index in [0.29, 0.717) is 42.7 Å². The lowest BCUT2D eigenvalue weighted by Gasteiger charge is -2.34. The van der Waals surface area contributed by atoms with Gasteiger partial charge in [-0.1, -0.05) is 41.9 Å². The number of aromatic nitrogens is 3. The zero-order valence-electron chi connectivity index (χ0n) is 22.3. The van der Waals surface area contributed by atoms with E-state index < -0.39 is 6.17 Å². The minimum Gasteiger partial charge on any atom is -0.461 e. The normalized spacial score (nSPS) is 28.1. The van der Waals surface area contributed by atoms with Crippen molar-refractivity contribution in [1.29, 1.82) is 0 Å². The van der Waals surface area contributed by atoms with Crippen molar-refractivity contribution in [2.45, 2.75) is 55.9 Å². The summed E-state index contributed by atoms with van der Waals surface area (Å²) in [4.78, 5) is 19.4. The Balaban J connectivity index is 1.21. The van der Waals surface area contributed by atoms with Crippen molar-refractivity contribution >= 4 is 39.2 Å². The van der Waals surface area contributed by atoms with E-state index in [2.05, 4.69) is 39.4 Å². The van der Waals surface area contributed by atoms with E-state index in [0.717, 1.165) is 71.2 Å². The number of ether oxygens (including phenoxy) is 1. The molecule has 2 aromatic carbocycles. The zero-order valence-corrected chi connectivity index (χ0v) is 23.1. The zero-order chi connectivity index (χ0) is 26.8. The highest BCUT2D eigenvalue weighted by Gasteiger charge is 2.49. The van der Waals surface area contributed by atoms with Crippen LogP contribution >= 0.6 is 11.6 Å². The molecule has 4 aliphatic rings. The first-order valence-corrected chi connectivity index (χ1v) is 14.8. The summed E-state index contributed by atoms with van der Waals surface area (Å²) in [6, 6.07) is 15.5. The molecule has 0 saturated carbocycles. The fourth-order valence-corrected chi connectivity index (χ4v) is 7.85. The lowest BCUT2D eigenvalue weighted by molar-refractivity contribution is 0.107. The van der Waals surface area contributed by atoms with E-state index in [4.69, 9.17) is 31.3 Å². The second-order valence-corrected chi connectivity index (χ2v) is 12.4. The number of anilines is 1. The molecule has 40 heavy (non-hydrogen) atoms. The summed E-state index contributed by atoms with van der Waals surface area (Å²) in [6.45, 7) is 3.59. The first-order chi connectivity index (χ1) is 19.5. The molecule has 4 fully saturated rings. The Labute approximate surface area is 237 Å². The molecule has 0 aliphatic carbocycles. The quantitative estimate of drug-likeness (QED) is 0.352. The molecule has 8 rings (SSSR count). The van der Waals surface area contributed by atoms with Crippen LogP contribution < -0.4 is 15.0 Å². The summed E-state index contributed by atoms with van der Waals surface area (Å²) in [7, 11) is 0. The van der Waals surface area contributed by atoms with Crippen LogP contribution in [-0.2, 0) is 0 Å². The smallest absolute Gasteiger partial charge is 0.319 e. The number of rotatable bonds is 5. The van der Waals surface area contributed by atoms with Crippen LogP contribution in [0.3, 0.4) is 0 Å². The molecule has 1 N–H and O–H groups in total. The van der Waals surface area contributed by atoms with Crippen LogP contribution in [0.25, 0.3) is 32.9 Å². The molecule has 2 aromatic heterocycles. The lowest BCUT2D eigenvalue weighted by Crippen LogP contribution is -2.51. The van der Waals surface area contributed by atoms with Crippen molar-refractivity contribution in [3.05, 3.63) is 53.7 Å². The van der Waals surface area contributed by atoms with Crippen LogP contribution in [0, 0.1) is 0 Å². The molecule has 4 saturated heterocycles. The Kier molecular flexibility index (Phi) is 5.87. The SMILES string of the molecule is F[C@H]1CN2CCCC2(COc2nc(N3CC4CCC(C3)N4)c3ncc(-c4cccc5cccc(Cl)c45)cc3n2)C1. The van der Waals surface area contributed by atoms with Gasteiger partial charge in [0, 0.05) is 60.3 Å². The third-order valence-corrected chi connectivity index (χ3v) is 9.72. The highest BCUT2D eigenvalue weighted by atomic mass is 35.5. The third-order valence-electron chi connectivity index (χ3n) is 9.41. The highest BCUT2D eigenvalue weighted by molar-refractivity contribution is 6.36. The lowest BCUT2D eigenvalue weighted by atomic mass is 9.95.